The van der Waals surface area contributed by atoms with Crippen molar-refractivity contribution < 1.29 is 19.1 Å². The smallest absolute Gasteiger partial charge is 0.338 e. The third kappa shape index (κ3) is 4.78. The number of fused-ring (bicyclic) bond motifs is 1. The second-order valence-electron chi connectivity index (χ2n) is 7.78. The van der Waals surface area contributed by atoms with Crippen molar-refractivity contribution in [2.24, 2.45) is 5.92 Å². The van der Waals surface area contributed by atoms with Crippen molar-refractivity contribution in [3.63, 3.8) is 0 Å². The highest BCUT2D eigenvalue weighted by Gasteiger charge is 2.34. The number of nitrogens with one attached hydrogen (secondary N) is 2. The SMILES string of the molecule is CCOC(=O)c1ccc(NC(=O)C2CC(=O)N(CCc3c[nH]c4ccc(Cl)cc34)C2)cc1. The largest absolute Gasteiger partial charge is 0.462 e. The van der Waals surface area contributed by atoms with Gasteiger partial charge in [0.2, 0.25) is 11.8 Å². The van der Waals surface area contributed by atoms with Gasteiger partial charge in [0, 0.05) is 47.3 Å². The molecule has 1 aliphatic heterocycles. The predicted octanol–water partition coefficient (Wildman–Crippen LogP) is 4.03. The Morgan fingerprint density at radius 2 is 2.00 bits per heavy atom. The lowest BCUT2D eigenvalue weighted by Gasteiger charge is -2.16. The number of carbonyl (C=O) groups excluding carboxylic acids is 3. The first-order chi connectivity index (χ1) is 15.4. The molecule has 8 heteroatoms. The molecule has 0 aliphatic carbocycles. The molecule has 3 aromatic rings. The first-order valence-corrected chi connectivity index (χ1v) is 10.9. The Labute approximate surface area is 190 Å². The fourth-order valence-corrected chi connectivity index (χ4v) is 4.10. The van der Waals surface area contributed by atoms with Gasteiger partial charge in [0.05, 0.1) is 18.1 Å². The van der Waals surface area contributed by atoms with Gasteiger partial charge in [-0.05, 0) is 61.4 Å². The standard InChI is InChI=1S/C24H24ClN3O4/c1-2-32-24(31)15-3-6-19(7-4-15)27-23(30)17-11-22(29)28(14-17)10-9-16-13-26-21-8-5-18(25)12-20(16)21/h3-8,12-13,17,26H,2,9-11,14H2,1H3,(H,27,30). The molecule has 1 atom stereocenters. The number of nitrogens with zero attached hydrogens (tertiary/aromatic N) is 1. The highest BCUT2D eigenvalue weighted by atomic mass is 35.5. The molecule has 0 radical (unpaired) electrons. The lowest BCUT2D eigenvalue weighted by atomic mass is 10.1. The summed E-state index contributed by atoms with van der Waals surface area (Å²) in [5.74, 6) is -1.05. The van der Waals surface area contributed by atoms with Crippen LogP contribution in [0.15, 0.2) is 48.7 Å². The summed E-state index contributed by atoms with van der Waals surface area (Å²) in [7, 11) is 0. The number of likely N-dealkylation sites (tertiary alicyclic amines) is 1. The van der Waals surface area contributed by atoms with Crippen LogP contribution < -0.4 is 5.32 Å². The van der Waals surface area contributed by atoms with Crippen molar-refractivity contribution in [1.29, 1.82) is 0 Å². The van der Waals surface area contributed by atoms with Gasteiger partial charge in [0.1, 0.15) is 0 Å². The van der Waals surface area contributed by atoms with E-state index in [1.807, 2.05) is 24.4 Å². The summed E-state index contributed by atoms with van der Waals surface area (Å²) in [5, 5.41) is 4.55. The number of halogens is 1. The average molecular weight is 454 g/mol. The summed E-state index contributed by atoms with van der Waals surface area (Å²) < 4.78 is 4.96. The highest BCUT2D eigenvalue weighted by molar-refractivity contribution is 6.31. The van der Waals surface area contributed by atoms with Gasteiger partial charge in [-0.2, -0.15) is 0 Å². The molecule has 32 heavy (non-hydrogen) atoms. The lowest BCUT2D eigenvalue weighted by Crippen LogP contribution is -2.30. The third-order valence-electron chi connectivity index (χ3n) is 5.63. The quantitative estimate of drug-likeness (QED) is 0.528. The summed E-state index contributed by atoms with van der Waals surface area (Å²) >= 11 is 6.11. The van der Waals surface area contributed by atoms with Gasteiger partial charge in [-0.15, -0.1) is 0 Å². The van der Waals surface area contributed by atoms with E-state index >= 15 is 0 Å². The van der Waals surface area contributed by atoms with Crippen LogP contribution in [0.25, 0.3) is 10.9 Å². The monoisotopic (exact) mass is 453 g/mol. The fourth-order valence-electron chi connectivity index (χ4n) is 3.93. The Balaban J connectivity index is 1.33. The number of anilines is 1. The third-order valence-corrected chi connectivity index (χ3v) is 5.86. The van der Waals surface area contributed by atoms with E-state index < -0.39 is 11.9 Å². The first kappa shape index (κ1) is 21.9. The molecule has 0 bridgehead atoms. The van der Waals surface area contributed by atoms with Gasteiger partial charge < -0.3 is 19.9 Å². The number of hydrogen-bond acceptors (Lipinski definition) is 4. The zero-order valence-electron chi connectivity index (χ0n) is 17.7. The van der Waals surface area contributed by atoms with Gasteiger partial charge in [-0.3, -0.25) is 9.59 Å². The number of amides is 2. The maximum absolute atomic E-state index is 12.7. The molecule has 2 aromatic carbocycles. The molecule has 2 N–H and O–H groups in total. The van der Waals surface area contributed by atoms with Crippen molar-refractivity contribution in [3.8, 4) is 0 Å². The van der Waals surface area contributed by atoms with E-state index in [9.17, 15) is 14.4 Å². The second kappa shape index (κ2) is 9.44. The predicted molar refractivity (Wildman–Crippen MR) is 123 cm³/mol. The van der Waals surface area contributed by atoms with Crippen LogP contribution in [0.4, 0.5) is 5.69 Å². The Hall–Kier alpha value is -3.32. The van der Waals surface area contributed by atoms with E-state index in [0.29, 0.717) is 42.4 Å². The molecule has 7 nitrogen and oxygen atoms in total. The van der Waals surface area contributed by atoms with Crippen LogP contribution in [0.3, 0.4) is 0 Å². The highest BCUT2D eigenvalue weighted by Crippen LogP contribution is 2.25. The van der Waals surface area contributed by atoms with Gasteiger partial charge >= 0.3 is 5.97 Å². The number of esters is 1. The Kier molecular flexibility index (Phi) is 6.46. The second-order valence-corrected chi connectivity index (χ2v) is 8.22. The molecule has 2 amide bonds. The first-order valence-electron chi connectivity index (χ1n) is 10.6. The molecular formula is C24H24ClN3O4. The molecule has 1 fully saturated rings. The zero-order chi connectivity index (χ0) is 22.7. The zero-order valence-corrected chi connectivity index (χ0v) is 18.4. The number of ether oxygens (including phenoxy) is 1. The van der Waals surface area contributed by atoms with Crippen molar-refractivity contribution in [2.45, 2.75) is 19.8 Å². The van der Waals surface area contributed by atoms with Crippen molar-refractivity contribution in [1.82, 2.24) is 9.88 Å². The van der Waals surface area contributed by atoms with Crippen LogP contribution in [0.1, 0.15) is 29.3 Å². The number of hydrogen-bond donors (Lipinski definition) is 2. The van der Waals surface area contributed by atoms with Gasteiger partial charge in [0.15, 0.2) is 0 Å². The topological polar surface area (TPSA) is 91.5 Å². The van der Waals surface area contributed by atoms with Crippen LogP contribution in [0, 0.1) is 5.92 Å². The molecular weight excluding hydrogens is 430 g/mol. The number of H-pyrrole nitrogens is 1. The van der Waals surface area contributed by atoms with Crippen LogP contribution in [0.5, 0.6) is 0 Å². The molecule has 0 saturated carbocycles. The molecule has 1 aliphatic rings. The number of carbonyl (C=O) groups is 3. The van der Waals surface area contributed by atoms with E-state index in [4.69, 9.17) is 16.3 Å². The van der Waals surface area contributed by atoms with Crippen LogP contribution >= 0.6 is 11.6 Å². The average Bonchev–Trinajstić information content (AvgIpc) is 3.35. The lowest BCUT2D eigenvalue weighted by molar-refractivity contribution is -0.128. The Bertz CT molecular complexity index is 1160. The van der Waals surface area contributed by atoms with Crippen molar-refractivity contribution in [2.75, 3.05) is 25.0 Å². The van der Waals surface area contributed by atoms with E-state index in [2.05, 4.69) is 10.3 Å². The van der Waals surface area contributed by atoms with Gasteiger partial charge in [0.25, 0.3) is 0 Å². The van der Waals surface area contributed by atoms with Crippen LogP contribution in [0.2, 0.25) is 5.02 Å². The minimum Gasteiger partial charge on any atom is -0.462 e. The van der Waals surface area contributed by atoms with Gasteiger partial charge in [-0.1, -0.05) is 11.6 Å². The maximum atomic E-state index is 12.7. The number of rotatable bonds is 7. The summed E-state index contributed by atoms with van der Waals surface area (Å²) in [6, 6.07) is 12.2. The van der Waals surface area contributed by atoms with Crippen molar-refractivity contribution >= 4 is 46.0 Å². The van der Waals surface area contributed by atoms with Gasteiger partial charge in [-0.25, -0.2) is 4.79 Å². The van der Waals surface area contributed by atoms with E-state index in [0.717, 1.165) is 16.5 Å². The summed E-state index contributed by atoms with van der Waals surface area (Å²) in [4.78, 5) is 41.8. The molecule has 0 spiro atoms. The summed E-state index contributed by atoms with van der Waals surface area (Å²) in [6.07, 6.45) is 2.80. The number of benzene rings is 2. The van der Waals surface area contributed by atoms with Crippen LogP contribution in [-0.4, -0.2) is 47.4 Å². The molecule has 2 heterocycles. The number of aromatic nitrogens is 1. The Morgan fingerprint density at radius 1 is 1.22 bits per heavy atom. The van der Waals surface area contributed by atoms with E-state index in [1.165, 1.54) is 0 Å². The van der Waals surface area contributed by atoms with Crippen molar-refractivity contribution in [3.05, 3.63) is 64.8 Å². The molecule has 166 valence electrons. The molecule has 1 saturated heterocycles. The molecule has 1 aromatic heterocycles. The van der Waals surface area contributed by atoms with Crippen LogP contribution in [-0.2, 0) is 20.7 Å². The minimum absolute atomic E-state index is 0.0271. The number of aromatic amines is 1. The summed E-state index contributed by atoms with van der Waals surface area (Å²) in [5.41, 5.74) is 3.09. The van der Waals surface area contributed by atoms with E-state index in [-0.39, 0.29) is 18.2 Å². The Morgan fingerprint density at radius 3 is 2.75 bits per heavy atom. The summed E-state index contributed by atoms with van der Waals surface area (Å²) in [6.45, 7) is 2.97. The van der Waals surface area contributed by atoms with E-state index in [1.54, 1.807) is 36.1 Å². The minimum atomic E-state index is -0.412. The fraction of sp³-hybridized carbons (Fsp3) is 0.292. The molecule has 4 rings (SSSR count). The normalized spacial score (nSPS) is 15.9. The maximum Gasteiger partial charge on any atom is 0.338 e. The molecule has 1 unspecified atom stereocenters.